The minimum Gasteiger partial charge on any atom is -0.362 e. The highest BCUT2D eigenvalue weighted by Crippen LogP contribution is 2.21. The Balaban J connectivity index is 2.74. The molecule has 0 aliphatic rings. The summed E-state index contributed by atoms with van der Waals surface area (Å²) in [6.07, 6.45) is 0. The second kappa shape index (κ2) is 5.91. The predicted molar refractivity (Wildman–Crippen MR) is 70.2 cm³/mol. The van der Waals surface area contributed by atoms with Crippen LogP contribution >= 0.6 is 12.2 Å². The molecule has 0 fully saturated rings. The summed E-state index contributed by atoms with van der Waals surface area (Å²) in [5, 5.41) is 5.66. The van der Waals surface area contributed by atoms with Crippen molar-refractivity contribution in [2.24, 2.45) is 5.92 Å². The molecule has 1 aromatic rings. The summed E-state index contributed by atoms with van der Waals surface area (Å²) in [5.74, 6) is -0.859. The number of rotatable bonds is 3. The van der Waals surface area contributed by atoms with E-state index < -0.39 is 11.6 Å². The van der Waals surface area contributed by atoms with Crippen LogP contribution in [-0.4, -0.2) is 11.7 Å². The number of aryl methyl sites for hydroxylation is 1. The molecule has 94 valence electrons. The monoisotopic (exact) mass is 258 g/mol. The SMILES string of the molecule is Cc1ccc(F)c(NC(=S)NCC(C)C)c1F. The second-order valence-electron chi connectivity index (χ2n) is 4.28. The lowest BCUT2D eigenvalue weighted by molar-refractivity contribution is 0.584. The topological polar surface area (TPSA) is 24.1 Å². The average Bonchev–Trinajstić information content (AvgIpc) is 2.27. The highest BCUT2D eigenvalue weighted by atomic mass is 32.1. The normalized spacial score (nSPS) is 10.5. The summed E-state index contributed by atoms with van der Waals surface area (Å²) >= 11 is 4.96. The van der Waals surface area contributed by atoms with Gasteiger partial charge in [0.2, 0.25) is 0 Å². The van der Waals surface area contributed by atoms with E-state index in [0.29, 0.717) is 18.0 Å². The van der Waals surface area contributed by atoms with Gasteiger partial charge in [-0.25, -0.2) is 8.78 Å². The molecule has 1 aromatic carbocycles. The van der Waals surface area contributed by atoms with Crippen LogP contribution in [0.4, 0.5) is 14.5 Å². The minimum atomic E-state index is -0.651. The maximum atomic E-state index is 13.6. The molecule has 0 unspecified atom stereocenters. The quantitative estimate of drug-likeness (QED) is 0.814. The van der Waals surface area contributed by atoms with E-state index >= 15 is 0 Å². The largest absolute Gasteiger partial charge is 0.362 e. The first kappa shape index (κ1) is 13.8. The van der Waals surface area contributed by atoms with Crippen molar-refractivity contribution in [1.82, 2.24) is 5.32 Å². The molecular weight excluding hydrogens is 242 g/mol. The van der Waals surface area contributed by atoms with E-state index in [1.165, 1.54) is 12.1 Å². The van der Waals surface area contributed by atoms with E-state index in [1.807, 2.05) is 13.8 Å². The molecule has 2 N–H and O–H groups in total. The smallest absolute Gasteiger partial charge is 0.170 e. The van der Waals surface area contributed by atoms with Crippen molar-refractivity contribution in [3.05, 3.63) is 29.3 Å². The van der Waals surface area contributed by atoms with Gasteiger partial charge in [0, 0.05) is 6.54 Å². The van der Waals surface area contributed by atoms with Crippen molar-refractivity contribution in [3.8, 4) is 0 Å². The molecule has 0 radical (unpaired) electrons. The molecule has 0 saturated heterocycles. The van der Waals surface area contributed by atoms with Gasteiger partial charge in [0.05, 0.1) is 0 Å². The molecule has 0 bridgehead atoms. The van der Waals surface area contributed by atoms with Gasteiger partial charge in [-0.2, -0.15) is 0 Å². The lowest BCUT2D eigenvalue weighted by Crippen LogP contribution is -2.32. The number of benzene rings is 1. The van der Waals surface area contributed by atoms with E-state index in [-0.39, 0.29) is 10.8 Å². The molecule has 0 saturated carbocycles. The maximum absolute atomic E-state index is 13.6. The Morgan fingerprint density at radius 3 is 2.59 bits per heavy atom. The Morgan fingerprint density at radius 2 is 2.00 bits per heavy atom. The van der Waals surface area contributed by atoms with Crippen LogP contribution in [0.5, 0.6) is 0 Å². The zero-order chi connectivity index (χ0) is 13.0. The molecule has 1 rings (SSSR count). The van der Waals surface area contributed by atoms with Gasteiger partial charge < -0.3 is 10.6 Å². The second-order valence-corrected chi connectivity index (χ2v) is 4.69. The van der Waals surface area contributed by atoms with Gasteiger partial charge in [-0.05, 0) is 36.7 Å². The summed E-state index contributed by atoms with van der Waals surface area (Å²) in [7, 11) is 0. The van der Waals surface area contributed by atoms with E-state index in [1.54, 1.807) is 6.92 Å². The van der Waals surface area contributed by atoms with Crippen molar-refractivity contribution in [2.45, 2.75) is 20.8 Å². The van der Waals surface area contributed by atoms with E-state index in [2.05, 4.69) is 10.6 Å². The summed E-state index contributed by atoms with van der Waals surface area (Å²) in [6.45, 7) is 6.26. The number of nitrogens with one attached hydrogen (secondary N) is 2. The number of halogens is 2. The number of thiocarbonyl (C=S) groups is 1. The molecule has 5 heteroatoms. The Bertz CT molecular complexity index is 419. The zero-order valence-electron chi connectivity index (χ0n) is 10.1. The molecule has 0 amide bonds. The molecule has 0 spiro atoms. The van der Waals surface area contributed by atoms with Crippen molar-refractivity contribution in [2.75, 3.05) is 11.9 Å². The molecular formula is C12H16F2N2S. The van der Waals surface area contributed by atoms with Gasteiger partial charge in [-0.15, -0.1) is 0 Å². The van der Waals surface area contributed by atoms with Crippen molar-refractivity contribution >= 4 is 23.0 Å². The fraction of sp³-hybridized carbons (Fsp3) is 0.417. The van der Waals surface area contributed by atoms with Crippen molar-refractivity contribution in [1.29, 1.82) is 0 Å². The lowest BCUT2D eigenvalue weighted by atomic mass is 10.2. The van der Waals surface area contributed by atoms with Gasteiger partial charge in [-0.3, -0.25) is 0 Å². The van der Waals surface area contributed by atoms with Gasteiger partial charge in [0.1, 0.15) is 11.5 Å². The highest BCUT2D eigenvalue weighted by Gasteiger charge is 2.12. The predicted octanol–water partition coefficient (Wildman–Crippen LogP) is 3.22. The lowest BCUT2D eigenvalue weighted by Gasteiger charge is -2.14. The molecule has 0 heterocycles. The van der Waals surface area contributed by atoms with Crippen LogP contribution in [-0.2, 0) is 0 Å². The van der Waals surface area contributed by atoms with E-state index in [4.69, 9.17) is 12.2 Å². The Morgan fingerprint density at radius 1 is 1.35 bits per heavy atom. The standard InChI is InChI=1S/C12H16F2N2S/c1-7(2)6-15-12(17)16-11-9(13)5-4-8(3)10(11)14/h4-5,7H,6H2,1-3H3,(H2,15,16,17). The molecule has 0 aliphatic carbocycles. The first-order valence-electron chi connectivity index (χ1n) is 5.41. The van der Waals surface area contributed by atoms with Gasteiger partial charge in [0.15, 0.2) is 10.9 Å². The fourth-order valence-corrected chi connectivity index (χ4v) is 1.41. The van der Waals surface area contributed by atoms with Crippen LogP contribution in [0.3, 0.4) is 0 Å². The zero-order valence-corrected chi connectivity index (χ0v) is 10.9. The van der Waals surface area contributed by atoms with Crippen LogP contribution < -0.4 is 10.6 Å². The maximum Gasteiger partial charge on any atom is 0.170 e. The fourth-order valence-electron chi connectivity index (χ4n) is 1.23. The third-order valence-corrected chi connectivity index (χ3v) is 2.44. The van der Waals surface area contributed by atoms with Crippen molar-refractivity contribution in [3.63, 3.8) is 0 Å². The number of hydrogen-bond donors (Lipinski definition) is 2. The van der Waals surface area contributed by atoms with Crippen LogP contribution in [0, 0.1) is 24.5 Å². The number of hydrogen-bond acceptors (Lipinski definition) is 1. The first-order valence-corrected chi connectivity index (χ1v) is 5.82. The summed E-state index contributed by atoms with van der Waals surface area (Å²) in [6, 6.07) is 2.60. The third kappa shape index (κ3) is 3.93. The Kier molecular flexibility index (Phi) is 4.81. The summed E-state index contributed by atoms with van der Waals surface area (Å²) in [4.78, 5) is 0. The van der Waals surface area contributed by atoms with E-state index in [9.17, 15) is 8.78 Å². The minimum absolute atomic E-state index is 0.203. The molecule has 17 heavy (non-hydrogen) atoms. The van der Waals surface area contributed by atoms with Crippen LogP contribution in [0.25, 0.3) is 0 Å². The van der Waals surface area contributed by atoms with Gasteiger partial charge in [0.25, 0.3) is 0 Å². The van der Waals surface area contributed by atoms with Crippen molar-refractivity contribution < 1.29 is 8.78 Å². The molecule has 0 aliphatic heterocycles. The van der Waals surface area contributed by atoms with Crippen LogP contribution in [0.15, 0.2) is 12.1 Å². The Hall–Kier alpha value is -1.23. The Labute approximate surface area is 105 Å². The number of anilines is 1. The van der Waals surface area contributed by atoms with E-state index in [0.717, 1.165) is 0 Å². The van der Waals surface area contributed by atoms with Gasteiger partial charge >= 0.3 is 0 Å². The van der Waals surface area contributed by atoms with Gasteiger partial charge in [-0.1, -0.05) is 19.9 Å². The van der Waals surface area contributed by atoms with Crippen LogP contribution in [0.2, 0.25) is 0 Å². The summed E-state index contributed by atoms with van der Waals surface area (Å²) < 4.78 is 27.0. The molecule has 2 nitrogen and oxygen atoms in total. The summed E-state index contributed by atoms with van der Waals surface area (Å²) in [5.41, 5.74) is 0.173. The third-order valence-electron chi connectivity index (χ3n) is 2.19. The molecule has 0 aromatic heterocycles. The first-order chi connectivity index (χ1) is 7.91. The highest BCUT2D eigenvalue weighted by molar-refractivity contribution is 7.80. The average molecular weight is 258 g/mol. The molecule has 0 atom stereocenters. The van der Waals surface area contributed by atoms with Crippen LogP contribution in [0.1, 0.15) is 19.4 Å².